The number of morpholine rings is 1. The van der Waals surface area contributed by atoms with Crippen LogP contribution in [0.3, 0.4) is 0 Å². The minimum Gasteiger partial charge on any atom is -0.379 e. The van der Waals surface area contributed by atoms with Gasteiger partial charge in [0, 0.05) is 42.8 Å². The van der Waals surface area contributed by atoms with Gasteiger partial charge >= 0.3 is 0 Å². The number of nitrogens with zero attached hydrogens (tertiary/aromatic N) is 2. The van der Waals surface area contributed by atoms with Crippen LogP contribution in [-0.4, -0.2) is 61.1 Å². The van der Waals surface area contributed by atoms with Crippen molar-refractivity contribution in [3.8, 4) is 0 Å². The quantitative estimate of drug-likeness (QED) is 0.810. The second-order valence-electron chi connectivity index (χ2n) is 6.40. The number of carbonyl (C=O) groups is 1. The molecule has 1 aromatic carbocycles. The van der Waals surface area contributed by atoms with Crippen molar-refractivity contribution in [2.45, 2.75) is 31.7 Å². The highest BCUT2D eigenvalue weighted by Crippen LogP contribution is 2.23. The van der Waals surface area contributed by atoms with E-state index in [0.29, 0.717) is 11.1 Å². The second kappa shape index (κ2) is 9.62. The molecule has 2 aliphatic heterocycles. The summed E-state index contributed by atoms with van der Waals surface area (Å²) in [5, 5.41) is 0.670. The van der Waals surface area contributed by atoms with E-state index in [1.54, 1.807) is 12.1 Å². The molecular weight excluding hydrogens is 347 g/mol. The van der Waals surface area contributed by atoms with E-state index in [-0.39, 0.29) is 18.3 Å². The van der Waals surface area contributed by atoms with E-state index >= 15 is 0 Å². The Morgan fingerprint density at radius 2 is 1.83 bits per heavy atom. The molecule has 1 aromatic rings. The number of ether oxygens (including phenoxy) is 1. The summed E-state index contributed by atoms with van der Waals surface area (Å²) in [6.07, 6.45) is 4.49. The van der Waals surface area contributed by atoms with Gasteiger partial charge in [0.15, 0.2) is 0 Å². The van der Waals surface area contributed by atoms with Crippen LogP contribution < -0.4 is 0 Å². The molecule has 2 fully saturated rings. The fraction of sp³-hybridized carbons (Fsp3) is 0.611. The number of hydrogen-bond acceptors (Lipinski definition) is 3. The summed E-state index contributed by atoms with van der Waals surface area (Å²) in [7, 11) is 0. The molecule has 0 saturated carbocycles. The zero-order chi connectivity index (χ0) is 16.1. The van der Waals surface area contributed by atoms with E-state index in [9.17, 15) is 4.79 Å². The third-order valence-electron chi connectivity index (χ3n) is 4.86. The number of halogens is 2. The number of benzene rings is 1. The van der Waals surface area contributed by atoms with Gasteiger partial charge in [-0.15, -0.1) is 12.4 Å². The first-order valence-corrected chi connectivity index (χ1v) is 8.98. The van der Waals surface area contributed by atoms with Gasteiger partial charge in [-0.1, -0.05) is 11.6 Å². The molecule has 1 unspecified atom stereocenters. The van der Waals surface area contributed by atoms with Gasteiger partial charge in [-0.25, -0.2) is 0 Å². The molecular formula is C18H26Cl2N2O2. The maximum Gasteiger partial charge on any atom is 0.254 e. The molecule has 1 amide bonds. The minimum absolute atomic E-state index is 0. The van der Waals surface area contributed by atoms with Crippen LogP contribution in [0.1, 0.15) is 36.0 Å². The summed E-state index contributed by atoms with van der Waals surface area (Å²) in [6.45, 7) is 5.61. The Labute approximate surface area is 155 Å². The van der Waals surface area contributed by atoms with Crippen LogP contribution in [0, 0.1) is 0 Å². The molecule has 2 aliphatic rings. The van der Waals surface area contributed by atoms with E-state index < -0.39 is 0 Å². The number of likely N-dealkylation sites (tertiary alicyclic amines) is 1. The van der Waals surface area contributed by atoms with Gasteiger partial charge in [0.25, 0.3) is 5.91 Å². The van der Waals surface area contributed by atoms with Gasteiger partial charge in [-0.3, -0.25) is 9.69 Å². The van der Waals surface area contributed by atoms with E-state index in [1.165, 1.54) is 6.42 Å². The van der Waals surface area contributed by atoms with Crippen molar-refractivity contribution in [1.29, 1.82) is 0 Å². The first-order valence-electron chi connectivity index (χ1n) is 8.61. The topological polar surface area (TPSA) is 32.8 Å². The Kier molecular flexibility index (Phi) is 7.82. The molecule has 1 atom stereocenters. The highest BCUT2D eigenvalue weighted by atomic mass is 35.5. The van der Waals surface area contributed by atoms with Crippen LogP contribution in [0.25, 0.3) is 0 Å². The highest BCUT2D eigenvalue weighted by Gasteiger charge is 2.27. The average molecular weight is 373 g/mol. The predicted octanol–water partition coefficient (Wildman–Crippen LogP) is 3.48. The zero-order valence-electron chi connectivity index (χ0n) is 14.0. The number of rotatable bonds is 4. The summed E-state index contributed by atoms with van der Waals surface area (Å²) >= 11 is 5.93. The normalized spacial score (nSPS) is 22.0. The van der Waals surface area contributed by atoms with E-state index in [4.69, 9.17) is 16.3 Å². The molecule has 24 heavy (non-hydrogen) atoms. The fourth-order valence-electron chi connectivity index (χ4n) is 3.48. The Bertz CT molecular complexity index is 518. The Balaban J connectivity index is 0.00000208. The Morgan fingerprint density at radius 3 is 2.54 bits per heavy atom. The first kappa shape index (κ1) is 19.5. The molecule has 0 radical (unpaired) electrons. The van der Waals surface area contributed by atoms with E-state index in [2.05, 4.69) is 9.80 Å². The van der Waals surface area contributed by atoms with Gasteiger partial charge in [0.2, 0.25) is 0 Å². The van der Waals surface area contributed by atoms with Gasteiger partial charge < -0.3 is 9.64 Å². The van der Waals surface area contributed by atoms with Gasteiger partial charge in [-0.05, 0) is 49.9 Å². The van der Waals surface area contributed by atoms with E-state index in [1.807, 2.05) is 12.1 Å². The SMILES string of the molecule is Cl.O=C(c1ccc(Cl)cc1)N1CCCCC1CCN1CCOCC1. The number of carbonyl (C=O) groups excluding carboxylic acids is 1. The summed E-state index contributed by atoms with van der Waals surface area (Å²) in [6, 6.07) is 7.61. The van der Waals surface area contributed by atoms with Crippen LogP contribution in [0.15, 0.2) is 24.3 Å². The summed E-state index contributed by atoms with van der Waals surface area (Å²) in [5.74, 6) is 0.147. The lowest BCUT2D eigenvalue weighted by atomic mass is 9.98. The van der Waals surface area contributed by atoms with Crippen molar-refractivity contribution in [1.82, 2.24) is 9.80 Å². The molecule has 0 N–H and O–H groups in total. The van der Waals surface area contributed by atoms with Crippen molar-refractivity contribution < 1.29 is 9.53 Å². The first-order chi connectivity index (χ1) is 11.2. The van der Waals surface area contributed by atoms with Gasteiger partial charge in [0.1, 0.15) is 0 Å². The van der Waals surface area contributed by atoms with Crippen LogP contribution in [0.5, 0.6) is 0 Å². The fourth-order valence-corrected chi connectivity index (χ4v) is 3.61. The van der Waals surface area contributed by atoms with Crippen LogP contribution in [0.2, 0.25) is 5.02 Å². The third kappa shape index (κ3) is 5.09. The number of piperidine rings is 1. The van der Waals surface area contributed by atoms with Crippen molar-refractivity contribution in [2.24, 2.45) is 0 Å². The molecule has 3 rings (SSSR count). The van der Waals surface area contributed by atoms with Crippen LogP contribution in [-0.2, 0) is 4.74 Å². The molecule has 0 bridgehead atoms. The standard InChI is InChI=1S/C18H25ClN2O2.ClH/c19-16-6-4-15(5-7-16)18(22)21-9-2-1-3-17(21)8-10-20-11-13-23-14-12-20;/h4-7,17H,1-3,8-14H2;1H. The lowest BCUT2D eigenvalue weighted by molar-refractivity contribution is 0.0296. The molecule has 0 spiro atoms. The van der Waals surface area contributed by atoms with Crippen LogP contribution >= 0.6 is 24.0 Å². The monoisotopic (exact) mass is 372 g/mol. The van der Waals surface area contributed by atoms with Gasteiger partial charge in [-0.2, -0.15) is 0 Å². The zero-order valence-corrected chi connectivity index (χ0v) is 15.5. The lowest BCUT2D eigenvalue weighted by Crippen LogP contribution is -2.46. The highest BCUT2D eigenvalue weighted by molar-refractivity contribution is 6.30. The minimum atomic E-state index is 0. The predicted molar refractivity (Wildman–Crippen MR) is 99.3 cm³/mol. The van der Waals surface area contributed by atoms with Crippen molar-refractivity contribution in [3.05, 3.63) is 34.9 Å². The van der Waals surface area contributed by atoms with Crippen LogP contribution in [0.4, 0.5) is 0 Å². The molecule has 0 aromatic heterocycles. The summed E-state index contributed by atoms with van der Waals surface area (Å²) in [5.41, 5.74) is 0.743. The second-order valence-corrected chi connectivity index (χ2v) is 6.83. The summed E-state index contributed by atoms with van der Waals surface area (Å²) < 4.78 is 5.40. The number of amides is 1. The van der Waals surface area contributed by atoms with E-state index in [0.717, 1.165) is 64.2 Å². The molecule has 6 heteroatoms. The maximum absolute atomic E-state index is 12.8. The smallest absolute Gasteiger partial charge is 0.254 e. The lowest BCUT2D eigenvalue weighted by Gasteiger charge is -2.37. The third-order valence-corrected chi connectivity index (χ3v) is 5.11. The van der Waals surface area contributed by atoms with Crippen molar-refractivity contribution in [2.75, 3.05) is 39.4 Å². The van der Waals surface area contributed by atoms with Gasteiger partial charge in [0.05, 0.1) is 13.2 Å². The largest absolute Gasteiger partial charge is 0.379 e. The Morgan fingerprint density at radius 1 is 1.12 bits per heavy atom. The summed E-state index contributed by atoms with van der Waals surface area (Å²) in [4.78, 5) is 17.3. The molecule has 4 nitrogen and oxygen atoms in total. The average Bonchev–Trinajstić information content (AvgIpc) is 2.61. The molecule has 134 valence electrons. The molecule has 2 saturated heterocycles. The number of hydrogen-bond donors (Lipinski definition) is 0. The molecule has 0 aliphatic carbocycles. The Hall–Kier alpha value is -0.810. The van der Waals surface area contributed by atoms with Crippen molar-refractivity contribution >= 4 is 29.9 Å². The molecule has 2 heterocycles. The maximum atomic E-state index is 12.8. The van der Waals surface area contributed by atoms with Crippen molar-refractivity contribution in [3.63, 3.8) is 0 Å².